The van der Waals surface area contributed by atoms with E-state index in [2.05, 4.69) is 56.0 Å². The van der Waals surface area contributed by atoms with E-state index in [0.717, 1.165) is 62.5 Å². The van der Waals surface area contributed by atoms with Gasteiger partial charge >= 0.3 is 0 Å². The molecule has 0 bridgehead atoms. The molecule has 1 saturated carbocycles. The number of aromatic nitrogens is 2. The third-order valence-electron chi connectivity index (χ3n) is 15.1. The number of hydrogen-bond acceptors (Lipinski definition) is 13. The number of hydrogen-bond donors (Lipinski definition) is 3. The van der Waals surface area contributed by atoms with Crippen LogP contribution in [0.4, 0.5) is 28.4 Å². The number of fused-ring (bicyclic) bond motifs is 3. The number of amides is 1. The Morgan fingerprint density at radius 2 is 1.75 bits per heavy atom. The van der Waals surface area contributed by atoms with E-state index in [1.807, 2.05) is 29.2 Å². The van der Waals surface area contributed by atoms with Crippen molar-refractivity contribution in [2.75, 3.05) is 67.7 Å². The first-order chi connectivity index (χ1) is 31.5. The first kappa shape index (κ1) is 41.8. The molecule has 0 radical (unpaired) electrons. The summed E-state index contributed by atoms with van der Waals surface area (Å²) in [4.78, 5) is 40.7. The van der Waals surface area contributed by atoms with Gasteiger partial charge in [-0.2, -0.15) is 4.98 Å². The number of nitrogens with one attached hydrogen (secondary N) is 3. The van der Waals surface area contributed by atoms with E-state index in [1.54, 1.807) is 12.3 Å². The maximum Gasteiger partial charge on any atom is 0.297 e. The largest absolute Gasteiger partial charge is 0.489 e. The van der Waals surface area contributed by atoms with Crippen LogP contribution in [0.2, 0.25) is 0 Å². The van der Waals surface area contributed by atoms with Crippen molar-refractivity contribution in [3.8, 4) is 11.6 Å². The van der Waals surface area contributed by atoms with Crippen LogP contribution in [-0.2, 0) is 14.8 Å². The monoisotopic (exact) mass is 902 g/mol. The molecular weight excluding hydrogens is 849 g/mol. The lowest BCUT2D eigenvalue weighted by Crippen LogP contribution is -2.54. The SMILES string of the molecule is Cc1ccccc1[C@@H]1CCCN1C1CC2(CCN(c3ccc(C(=O)NS(=O)(=O)c4cc5c(c([N+](=O)[O-])c4)N[C@H](C4CCOCC4)CO5)c(N4CCOc5nc6[nH]ccc6cc54)c3)CC2)C1. The maximum atomic E-state index is 14.4. The zero-order valence-corrected chi connectivity index (χ0v) is 37.3. The van der Waals surface area contributed by atoms with Crippen LogP contribution in [0, 0.1) is 28.4 Å². The van der Waals surface area contributed by atoms with Crippen LogP contribution >= 0.6 is 0 Å². The number of piperidine rings is 1. The summed E-state index contributed by atoms with van der Waals surface area (Å²) >= 11 is 0. The summed E-state index contributed by atoms with van der Waals surface area (Å²) in [5.41, 5.74) is 5.69. The second-order valence-electron chi connectivity index (χ2n) is 18.8. The molecule has 6 aliphatic rings. The highest BCUT2D eigenvalue weighted by Crippen LogP contribution is 2.54. The maximum absolute atomic E-state index is 14.4. The summed E-state index contributed by atoms with van der Waals surface area (Å²) in [5, 5.41) is 16.5. The molecular formula is C48H54N8O8S. The van der Waals surface area contributed by atoms with E-state index < -0.39 is 31.4 Å². The molecule has 1 aliphatic carbocycles. The molecule has 3 aromatic carbocycles. The number of aromatic amines is 1. The standard InChI is InChI=1S/C48H54N8O8S/c1-30-5-2-3-6-36(30)39-7-4-16-54(39)34-27-48(28-34)13-17-53(18-14-48)33-8-9-37(40(24-33)55-19-22-63-47-42(55)23-32-10-15-49-45(32)51-47)46(57)52-65(60,61)35-25-41(56(58)59)44-43(26-35)64-29-38(50-44)31-11-20-62-21-12-31/h2-3,5-6,8-10,15,23-26,31,34,38-39,50H,4,7,11-14,16-22,27-29H2,1H3,(H,49,51)(H,52,57)/t38-,39-/m0/s1. The van der Waals surface area contributed by atoms with Gasteiger partial charge in [0.15, 0.2) is 11.4 Å². The second kappa shape index (κ2) is 16.5. The highest BCUT2D eigenvalue weighted by atomic mass is 32.2. The van der Waals surface area contributed by atoms with Gasteiger partial charge in [0.25, 0.3) is 21.6 Å². The minimum atomic E-state index is -4.63. The molecule has 17 heteroatoms. The van der Waals surface area contributed by atoms with Crippen molar-refractivity contribution >= 4 is 55.4 Å². The number of rotatable bonds is 9. The van der Waals surface area contributed by atoms with Crippen molar-refractivity contribution in [1.82, 2.24) is 19.6 Å². The lowest BCUT2D eigenvalue weighted by atomic mass is 9.59. The normalized spacial score (nSPS) is 22.4. The van der Waals surface area contributed by atoms with Gasteiger partial charge in [-0.3, -0.25) is 19.8 Å². The average molecular weight is 903 g/mol. The molecule has 2 atom stereocenters. The molecule has 0 unspecified atom stereocenters. The Balaban J connectivity index is 0.853. The Labute approximate surface area is 377 Å². The molecule has 5 aromatic rings. The van der Waals surface area contributed by atoms with Gasteiger partial charge < -0.3 is 34.3 Å². The zero-order chi connectivity index (χ0) is 44.5. The predicted octanol–water partition coefficient (Wildman–Crippen LogP) is 7.61. The minimum Gasteiger partial charge on any atom is -0.489 e. The van der Waals surface area contributed by atoms with Crippen LogP contribution in [0.3, 0.4) is 0 Å². The smallest absolute Gasteiger partial charge is 0.297 e. The van der Waals surface area contributed by atoms with Gasteiger partial charge in [0.05, 0.1) is 33.7 Å². The highest BCUT2D eigenvalue weighted by molar-refractivity contribution is 7.90. The number of pyridine rings is 1. The Kier molecular flexibility index (Phi) is 10.6. The molecule has 16 nitrogen and oxygen atoms in total. The quantitative estimate of drug-likeness (QED) is 0.0971. The Morgan fingerprint density at radius 1 is 0.938 bits per heavy atom. The molecule has 340 valence electrons. The number of likely N-dealkylation sites (tertiary alicyclic amines) is 1. The topological polar surface area (TPSA) is 184 Å². The third-order valence-corrected chi connectivity index (χ3v) is 16.4. The zero-order valence-electron chi connectivity index (χ0n) is 36.5. The second-order valence-corrected chi connectivity index (χ2v) is 20.4. The van der Waals surface area contributed by atoms with Gasteiger partial charge in [0, 0.05) is 67.8 Å². The molecule has 11 rings (SSSR count). The Hall–Kier alpha value is -5.91. The van der Waals surface area contributed by atoms with Crippen LogP contribution in [-0.4, -0.2) is 98.8 Å². The van der Waals surface area contributed by atoms with Crippen molar-refractivity contribution in [3.05, 3.63) is 99.7 Å². The molecule has 7 heterocycles. The number of carbonyl (C=O) groups excluding carboxylic acids is 1. The predicted molar refractivity (Wildman–Crippen MR) is 246 cm³/mol. The van der Waals surface area contributed by atoms with Crippen LogP contribution in [0.5, 0.6) is 11.6 Å². The molecule has 1 amide bonds. The van der Waals surface area contributed by atoms with E-state index in [-0.39, 0.29) is 42.2 Å². The summed E-state index contributed by atoms with van der Waals surface area (Å²) < 4.78 is 48.0. The summed E-state index contributed by atoms with van der Waals surface area (Å²) in [6.45, 7) is 7.17. The van der Waals surface area contributed by atoms with Crippen LogP contribution in [0.15, 0.2) is 77.8 Å². The number of carbonyl (C=O) groups is 1. The van der Waals surface area contributed by atoms with Crippen molar-refractivity contribution in [2.45, 2.75) is 81.3 Å². The van der Waals surface area contributed by atoms with Crippen molar-refractivity contribution < 1.29 is 32.3 Å². The van der Waals surface area contributed by atoms with Crippen LogP contribution in [0.1, 0.15) is 78.9 Å². The lowest BCUT2D eigenvalue weighted by Gasteiger charge is -2.56. The molecule has 5 aliphatic heterocycles. The van der Waals surface area contributed by atoms with Crippen molar-refractivity contribution in [3.63, 3.8) is 0 Å². The van der Waals surface area contributed by atoms with Gasteiger partial charge in [0.2, 0.25) is 5.88 Å². The summed E-state index contributed by atoms with van der Waals surface area (Å²) in [5.74, 6) is -0.259. The molecule has 4 fully saturated rings. The molecule has 1 spiro atoms. The van der Waals surface area contributed by atoms with Crippen molar-refractivity contribution in [1.29, 1.82) is 0 Å². The number of H-pyrrole nitrogens is 1. The Bertz CT molecular complexity index is 2780. The number of benzene rings is 3. The molecule has 3 saturated heterocycles. The first-order valence-electron chi connectivity index (χ1n) is 23.0. The summed E-state index contributed by atoms with van der Waals surface area (Å²) in [6.07, 6.45) is 10.4. The number of sulfonamides is 1. The Morgan fingerprint density at radius 3 is 2.55 bits per heavy atom. The number of nitro groups is 1. The van der Waals surface area contributed by atoms with E-state index in [9.17, 15) is 23.3 Å². The van der Waals surface area contributed by atoms with Gasteiger partial charge in [-0.1, -0.05) is 24.3 Å². The summed E-state index contributed by atoms with van der Waals surface area (Å²) in [6, 6.07) is 21.3. The van der Waals surface area contributed by atoms with Gasteiger partial charge in [0.1, 0.15) is 24.5 Å². The fraction of sp³-hybridized carbons (Fsp3) is 0.458. The summed E-state index contributed by atoms with van der Waals surface area (Å²) in [7, 11) is -4.63. The third kappa shape index (κ3) is 7.70. The van der Waals surface area contributed by atoms with E-state index in [1.165, 1.54) is 42.9 Å². The number of nitro benzene ring substituents is 1. The van der Waals surface area contributed by atoms with E-state index >= 15 is 0 Å². The molecule has 65 heavy (non-hydrogen) atoms. The van der Waals surface area contributed by atoms with Gasteiger partial charge in [-0.25, -0.2) is 13.1 Å². The highest BCUT2D eigenvalue weighted by Gasteiger charge is 2.50. The van der Waals surface area contributed by atoms with Crippen LogP contribution in [0.25, 0.3) is 11.0 Å². The lowest BCUT2D eigenvalue weighted by molar-refractivity contribution is -0.384. The molecule has 3 N–H and O–H groups in total. The van der Waals surface area contributed by atoms with Crippen molar-refractivity contribution in [2.24, 2.45) is 11.3 Å². The number of ether oxygens (including phenoxy) is 3. The molecule has 2 aromatic heterocycles. The van der Waals surface area contributed by atoms with E-state index in [4.69, 9.17) is 19.2 Å². The number of nitrogens with zero attached hydrogens (tertiary/aromatic N) is 5. The fourth-order valence-electron chi connectivity index (χ4n) is 11.5. The first-order valence-corrected chi connectivity index (χ1v) is 24.5. The number of aryl methyl sites for hydroxylation is 1. The fourth-order valence-corrected chi connectivity index (χ4v) is 12.5. The van der Waals surface area contributed by atoms with Gasteiger partial charge in [-0.05, 0) is 118 Å². The van der Waals surface area contributed by atoms with Gasteiger partial charge in [-0.15, -0.1) is 0 Å². The van der Waals surface area contributed by atoms with Crippen LogP contribution < -0.4 is 29.3 Å². The van der Waals surface area contributed by atoms with E-state index in [0.29, 0.717) is 60.2 Å². The average Bonchev–Trinajstić information content (AvgIpc) is 3.99. The number of anilines is 4. The minimum absolute atomic E-state index is 0.0390.